The van der Waals surface area contributed by atoms with E-state index in [-0.39, 0.29) is 5.41 Å². The summed E-state index contributed by atoms with van der Waals surface area (Å²) in [5.74, 6) is 0. The second kappa shape index (κ2) is 22.6. The van der Waals surface area contributed by atoms with E-state index in [1.165, 1.54) is 6.42 Å². The van der Waals surface area contributed by atoms with Gasteiger partial charge in [0.25, 0.3) is 0 Å². The lowest BCUT2D eigenvalue weighted by Gasteiger charge is -2.33. The fraction of sp³-hybridized carbons (Fsp3) is 1.00. The third-order valence-corrected chi connectivity index (χ3v) is 6.87. The highest BCUT2D eigenvalue weighted by molar-refractivity contribution is 6.13. The molecule has 0 saturated heterocycles. The SMILES string of the molecule is CC(C)(C)CC(C)(C)CNCCN(CCN)CCN(Cl)CCN(CCN)CCN(CCN)CCNCCN. The minimum absolute atomic E-state index is 0.280. The average Bonchev–Trinajstić information content (AvgIpc) is 2.82. The van der Waals surface area contributed by atoms with E-state index < -0.39 is 0 Å². The topological polar surface area (TPSA) is 141 Å². The van der Waals surface area contributed by atoms with E-state index >= 15 is 0 Å². The number of hydrogen-bond donors (Lipinski definition) is 6. The molecule has 0 heterocycles. The largest absolute Gasteiger partial charge is 0.329 e. The second-order valence-electron chi connectivity index (χ2n) is 12.4. The first-order valence-electron chi connectivity index (χ1n) is 14.8. The Morgan fingerprint density at radius 3 is 1.37 bits per heavy atom. The molecule has 0 atom stereocenters. The summed E-state index contributed by atoms with van der Waals surface area (Å²) in [5.41, 5.74) is 23.8. The number of nitrogens with zero attached hydrogens (tertiary/aromatic N) is 4. The highest BCUT2D eigenvalue weighted by Gasteiger charge is 2.25. The summed E-state index contributed by atoms with van der Waals surface area (Å²) in [6.45, 7) is 27.9. The molecule has 230 valence electrons. The Hall–Kier alpha value is -0.110. The van der Waals surface area contributed by atoms with Crippen LogP contribution in [0.4, 0.5) is 0 Å². The van der Waals surface area contributed by atoms with Crippen LogP contribution in [0.15, 0.2) is 0 Å². The number of nitrogens with two attached hydrogens (primary N) is 4. The average molecular weight is 565 g/mol. The molecule has 0 saturated carbocycles. The molecule has 0 radical (unpaired) electrons. The number of hydrogen-bond acceptors (Lipinski definition) is 10. The Morgan fingerprint density at radius 1 is 0.526 bits per heavy atom. The van der Waals surface area contributed by atoms with Gasteiger partial charge >= 0.3 is 0 Å². The standard InChI is InChI=1S/C27H65ClN10/c1-26(2,3)24-27(4,5)25-34-12-17-36(14-8-31)20-22-38(28)23-21-37(15-9-32)19-18-35(13-7-30)16-11-33-10-6-29/h33-34H,6-25,29-32H2,1-5H3. The molecule has 0 unspecified atom stereocenters. The number of halogens is 1. The molecule has 0 rings (SSSR count). The Morgan fingerprint density at radius 2 is 0.947 bits per heavy atom. The monoisotopic (exact) mass is 565 g/mol. The van der Waals surface area contributed by atoms with E-state index in [0.717, 1.165) is 98.2 Å². The lowest BCUT2D eigenvalue weighted by atomic mass is 9.76. The van der Waals surface area contributed by atoms with E-state index in [4.69, 9.17) is 34.7 Å². The Kier molecular flexibility index (Phi) is 22.5. The van der Waals surface area contributed by atoms with Gasteiger partial charge in [0.15, 0.2) is 0 Å². The van der Waals surface area contributed by atoms with Crippen LogP contribution in [0.2, 0.25) is 0 Å². The molecule has 0 spiro atoms. The molecule has 10 nitrogen and oxygen atoms in total. The van der Waals surface area contributed by atoms with Crippen molar-refractivity contribution < 1.29 is 0 Å². The molecule has 0 fully saturated rings. The van der Waals surface area contributed by atoms with Gasteiger partial charge in [-0.3, -0.25) is 14.7 Å². The molecule has 0 aromatic heterocycles. The maximum Gasteiger partial charge on any atom is 0.0267 e. The first-order valence-corrected chi connectivity index (χ1v) is 15.1. The van der Waals surface area contributed by atoms with E-state index in [2.05, 4.69) is 60.0 Å². The molecule has 38 heavy (non-hydrogen) atoms. The molecule has 0 aromatic carbocycles. The Bertz CT molecular complexity index is 532. The Labute approximate surface area is 240 Å². The van der Waals surface area contributed by atoms with Crippen molar-refractivity contribution >= 4 is 11.8 Å². The van der Waals surface area contributed by atoms with Crippen molar-refractivity contribution in [3.8, 4) is 0 Å². The molecule has 0 aliphatic carbocycles. The number of nitrogens with one attached hydrogen (secondary N) is 2. The molecule has 0 aliphatic heterocycles. The zero-order chi connectivity index (χ0) is 28.9. The van der Waals surface area contributed by atoms with Crippen molar-refractivity contribution in [3.63, 3.8) is 0 Å². The molecule has 0 aliphatic rings. The maximum atomic E-state index is 6.62. The first kappa shape index (κ1) is 37.9. The number of rotatable bonds is 26. The van der Waals surface area contributed by atoms with Crippen LogP contribution in [0.3, 0.4) is 0 Å². The van der Waals surface area contributed by atoms with E-state index in [1.54, 1.807) is 0 Å². The fourth-order valence-corrected chi connectivity index (χ4v) is 5.23. The first-order chi connectivity index (χ1) is 18.0. The van der Waals surface area contributed by atoms with Crippen molar-refractivity contribution in [1.82, 2.24) is 29.8 Å². The molecule has 11 heteroatoms. The second-order valence-corrected chi connectivity index (χ2v) is 12.9. The van der Waals surface area contributed by atoms with Crippen LogP contribution < -0.4 is 33.6 Å². The molecular weight excluding hydrogens is 500 g/mol. The van der Waals surface area contributed by atoms with E-state index in [0.29, 0.717) is 31.6 Å². The van der Waals surface area contributed by atoms with Gasteiger partial charge in [0.2, 0.25) is 0 Å². The maximum absolute atomic E-state index is 6.62. The van der Waals surface area contributed by atoms with Crippen molar-refractivity contribution in [2.45, 2.75) is 41.0 Å². The van der Waals surface area contributed by atoms with Gasteiger partial charge in [-0.1, -0.05) is 34.6 Å². The highest BCUT2D eigenvalue weighted by atomic mass is 35.5. The van der Waals surface area contributed by atoms with Gasteiger partial charge in [0, 0.05) is 124 Å². The van der Waals surface area contributed by atoms with Gasteiger partial charge in [-0.05, 0) is 29.0 Å². The summed E-state index contributed by atoms with van der Waals surface area (Å²) in [4.78, 5) is 7.20. The van der Waals surface area contributed by atoms with Crippen LogP contribution in [-0.2, 0) is 0 Å². The van der Waals surface area contributed by atoms with Crippen molar-refractivity contribution in [2.75, 3.05) is 124 Å². The molecular formula is C27H65ClN10. The van der Waals surface area contributed by atoms with Crippen molar-refractivity contribution in [3.05, 3.63) is 0 Å². The molecule has 0 bridgehead atoms. The lowest BCUT2D eigenvalue weighted by Crippen LogP contribution is -2.44. The van der Waals surface area contributed by atoms with E-state index in [1.807, 2.05) is 4.42 Å². The zero-order valence-electron chi connectivity index (χ0n) is 25.6. The van der Waals surface area contributed by atoms with Gasteiger partial charge in [0.05, 0.1) is 0 Å². The van der Waals surface area contributed by atoms with Gasteiger partial charge < -0.3 is 33.6 Å². The smallest absolute Gasteiger partial charge is 0.0267 e. The van der Waals surface area contributed by atoms with Crippen LogP contribution in [0.5, 0.6) is 0 Å². The minimum Gasteiger partial charge on any atom is -0.329 e. The fourth-order valence-electron chi connectivity index (χ4n) is 5.07. The quantitative estimate of drug-likeness (QED) is 0.0619. The predicted molar refractivity (Wildman–Crippen MR) is 167 cm³/mol. The van der Waals surface area contributed by atoms with Crippen LogP contribution in [0.1, 0.15) is 41.0 Å². The van der Waals surface area contributed by atoms with Gasteiger partial charge in [-0.15, -0.1) is 0 Å². The molecule has 10 N–H and O–H groups in total. The summed E-state index contributed by atoms with van der Waals surface area (Å²) < 4.78 is 1.90. The Balaban J connectivity index is 4.43. The lowest BCUT2D eigenvalue weighted by molar-refractivity contribution is 0.192. The zero-order valence-corrected chi connectivity index (χ0v) is 26.4. The highest BCUT2D eigenvalue weighted by Crippen LogP contribution is 2.32. The summed E-state index contributed by atoms with van der Waals surface area (Å²) in [7, 11) is 0. The van der Waals surface area contributed by atoms with Crippen molar-refractivity contribution in [2.24, 2.45) is 33.8 Å². The molecule has 0 amide bonds. The van der Waals surface area contributed by atoms with Gasteiger partial charge in [-0.2, -0.15) is 0 Å². The van der Waals surface area contributed by atoms with E-state index in [9.17, 15) is 0 Å². The van der Waals surface area contributed by atoms with Crippen LogP contribution in [0, 0.1) is 10.8 Å². The summed E-state index contributed by atoms with van der Waals surface area (Å²) in [6.07, 6.45) is 1.19. The van der Waals surface area contributed by atoms with Crippen LogP contribution >= 0.6 is 11.8 Å². The summed E-state index contributed by atoms with van der Waals surface area (Å²) in [6, 6.07) is 0. The summed E-state index contributed by atoms with van der Waals surface area (Å²) >= 11 is 6.62. The van der Waals surface area contributed by atoms with Gasteiger partial charge in [-0.25, -0.2) is 4.42 Å². The minimum atomic E-state index is 0.280. The predicted octanol–water partition coefficient (Wildman–Crippen LogP) is -0.175. The molecule has 0 aromatic rings. The normalized spacial score (nSPS) is 13.1. The van der Waals surface area contributed by atoms with Crippen LogP contribution in [-0.4, -0.2) is 143 Å². The van der Waals surface area contributed by atoms with Crippen LogP contribution in [0.25, 0.3) is 0 Å². The third kappa shape index (κ3) is 22.7. The van der Waals surface area contributed by atoms with Crippen molar-refractivity contribution in [1.29, 1.82) is 0 Å². The van der Waals surface area contributed by atoms with Gasteiger partial charge in [0.1, 0.15) is 0 Å². The third-order valence-electron chi connectivity index (χ3n) is 6.53. The summed E-state index contributed by atoms with van der Waals surface area (Å²) in [5, 5.41) is 7.02.